The molecule has 0 aliphatic heterocycles. The van der Waals surface area contributed by atoms with E-state index in [2.05, 4.69) is 4.98 Å². The van der Waals surface area contributed by atoms with E-state index in [0.717, 1.165) is 0 Å². The van der Waals surface area contributed by atoms with Crippen LogP contribution in [0, 0.1) is 15.9 Å². The number of aryl methyl sites for hydroxylation is 1. The molecule has 0 radical (unpaired) electrons. The van der Waals surface area contributed by atoms with Crippen molar-refractivity contribution in [2.75, 3.05) is 25.1 Å². The fourth-order valence-electron chi connectivity index (χ4n) is 1.94. The maximum absolute atomic E-state index is 13.4. The van der Waals surface area contributed by atoms with Gasteiger partial charge in [0.2, 0.25) is 12.1 Å². The van der Waals surface area contributed by atoms with E-state index in [1.807, 2.05) is 0 Å². The molecule has 2 rings (SSSR count). The molecule has 0 spiro atoms. The quantitative estimate of drug-likeness (QED) is 0.601. The third kappa shape index (κ3) is 3.28. The SMILES string of the molecule is CN(CCOc1ccccc1F)c1c([N+](=O)[O-])ncn1C. The summed E-state index contributed by atoms with van der Waals surface area (Å²) in [4.78, 5) is 15.7. The van der Waals surface area contributed by atoms with Crippen molar-refractivity contribution < 1.29 is 14.1 Å². The van der Waals surface area contributed by atoms with Crippen LogP contribution >= 0.6 is 0 Å². The molecule has 1 heterocycles. The van der Waals surface area contributed by atoms with E-state index in [1.54, 1.807) is 35.7 Å². The Kier molecular flexibility index (Phi) is 4.36. The Hall–Kier alpha value is -2.64. The highest BCUT2D eigenvalue weighted by Gasteiger charge is 2.23. The Labute approximate surface area is 120 Å². The first kappa shape index (κ1) is 14.8. The van der Waals surface area contributed by atoms with E-state index in [-0.39, 0.29) is 18.2 Å². The predicted molar refractivity (Wildman–Crippen MR) is 75.0 cm³/mol. The highest BCUT2D eigenvalue weighted by atomic mass is 19.1. The van der Waals surface area contributed by atoms with Crippen molar-refractivity contribution in [3.8, 4) is 5.75 Å². The molecule has 0 atom stereocenters. The Morgan fingerprint density at radius 1 is 1.48 bits per heavy atom. The number of hydrogen-bond donors (Lipinski definition) is 0. The number of likely N-dealkylation sites (N-methyl/N-ethyl adjacent to an activating group) is 1. The maximum atomic E-state index is 13.4. The minimum absolute atomic E-state index is 0.158. The lowest BCUT2D eigenvalue weighted by atomic mass is 10.3. The van der Waals surface area contributed by atoms with E-state index in [1.165, 1.54) is 18.5 Å². The van der Waals surface area contributed by atoms with Crippen LogP contribution in [0.2, 0.25) is 0 Å². The number of halogens is 1. The fraction of sp³-hybridized carbons (Fsp3) is 0.308. The molecular weight excluding hydrogens is 279 g/mol. The molecule has 1 aromatic heterocycles. The molecule has 0 saturated heterocycles. The lowest BCUT2D eigenvalue weighted by Gasteiger charge is -2.18. The third-order valence-electron chi connectivity index (χ3n) is 2.94. The van der Waals surface area contributed by atoms with Crippen molar-refractivity contribution in [1.82, 2.24) is 9.55 Å². The molecule has 0 bridgehead atoms. The average molecular weight is 294 g/mol. The van der Waals surface area contributed by atoms with Gasteiger partial charge >= 0.3 is 5.82 Å². The van der Waals surface area contributed by atoms with E-state index in [4.69, 9.17) is 4.74 Å². The van der Waals surface area contributed by atoms with Gasteiger partial charge in [-0.25, -0.2) is 4.39 Å². The molecule has 0 amide bonds. The van der Waals surface area contributed by atoms with E-state index in [9.17, 15) is 14.5 Å². The molecule has 0 aliphatic carbocycles. The monoisotopic (exact) mass is 294 g/mol. The van der Waals surface area contributed by atoms with Gasteiger partial charge in [0.1, 0.15) is 6.61 Å². The molecule has 2 aromatic rings. The van der Waals surface area contributed by atoms with E-state index < -0.39 is 10.7 Å². The summed E-state index contributed by atoms with van der Waals surface area (Å²) in [7, 11) is 3.36. The molecule has 8 heteroatoms. The number of nitro groups is 1. The molecule has 112 valence electrons. The van der Waals surface area contributed by atoms with Crippen LogP contribution < -0.4 is 9.64 Å². The van der Waals surface area contributed by atoms with Crippen LogP contribution in [-0.2, 0) is 7.05 Å². The summed E-state index contributed by atoms with van der Waals surface area (Å²) < 4.78 is 20.3. The Morgan fingerprint density at radius 3 is 2.86 bits per heavy atom. The predicted octanol–water partition coefficient (Wildman–Crippen LogP) is 1.98. The number of hydrogen-bond acceptors (Lipinski definition) is 5. The number of anilines is 1. The fourth-order valence-corrected chi connectivity index (χ4v) is 1.94. The summed E-state index contributed by atoms with van der Waals surface area (Å²) in [6, 6.07) is 6.09. The highest BCUT2D eigenvalue weighted by molar-refractivity contribution is 5.53. The van der Waals surface area contributed by atoms with Crippen molar-refractivity contribution in [3.63, 3.8) is 0 Å². The Bertz CT molecular complexity index is 644. The number of imidazole rings is 1. The van der Waals surface area contributed by atoms with Crippen LogP contribution in [0.15, 0.2) is 30.6 Å². The second-order valence-corrected chi connectivity index (χ2v) is 4.46. The zero-order valence-corrected chi connectivity index (χ0v) is 11.7. The van der Waals surface area contributed by atoms with Gasteiger partial charge in [0.15, 0.2) is 11.6 Å². The standard InChI is InChI=1S/C13H15FN4O3/c1-16(13-12(18(19)20)15-9-17(13)2)7-8-21-11-6-4-3-5-10(11)14/h3-6,9H,7-8H2,1-2H3. The largest absolute Gasteiger partial charge is 0.489 e. The van der Waals surface area contributed by atoms with Gasteiger partial charge in [-0.3, -0.25) is 4.57 Å². The minimum Gasteiger partial charge on any atom is -0.489 e. The van der Waals surface area contributed by atoms with E-state index in [0.29, 0.717) is 12.4 Å². The second kappa shape index (κ2) is 6.21. The first-order valence-electron chi connectivity index (χ1n) is 6.25. The highest BCUT2D eigenvalue weighted by Crippen LogP contribution is 2.24. The van der Waals surface area contributed by atoms with Crippen LogP contribution in [0.5, 0.6) is 5.75 Å². The van der Waals surface area contributed by atoms with Gasteiger partial charge in [0, 0.05) is 14.1 Å². The van der Waals surface area contributed by atoms with Crippen LogP contribution in [0.3, 0.4) is 0 Å². The lowest BCUT2D eigenvalue weighted by molar-refractivity contribution is -0.388. The number of ether oxygens (including phenoxy) is 1. The van der Waals surface area contributed by atoms with Gasteiger partial charge in [-0.1, -0.05) is 12.1 Å². The number of benzene rings is 1. The van der Waals surface area contributed by atoms with Gasteiger partial charge in [0.25, 0.3) is 0 Å². The molecule has 1 aromatic carbocycles. The van der Waals surface area contributed by atoms with Crippen LogP contribution in [0.25, 0.3) is 0 Å². The summed E-state index contributed by atoms with van der Waals surface area (Å²) in [6.07, 6.45) is 1.38. The van der Waals surface area contributed by atoms with Gasteiger partial charge in [-0.15, -0.1) is 0 Å². The molecule has 0 saturated carbocycles. The summed E-state index contributed by atoms with van der Waals surface area (Å²) in [5, 5.41) is 10.9. The van der Waals surface area contributed by atoms with Crippen LogP contribution in [0.4, 0.5) is 16.0 Å². The first-order chi connectivity index (χ1) is 10.0. The van der Waals surface area contributed by atoms with Crippen molar-refractivity contribution in [1.29, 1.82) is 0 Å². The summed E-state index contributed by atoms with van der Waals surface area (Å²) >= 11 is 0. The topological polar surface area (TPSA) is 73.4 Å². The molecular formula is C13H15FN4O3. The molecule has 0 fully saturated rings. The smallest absolute Gasteiger partial charge is 0.406 e. The van der Waals surface area contributed by atoms with Crippen LogP contribution in [-0.4, -0.2) is 34.7 Å². The van der Waals surface area contributed by atoms with E-state index >= 15 is 0 Å². The molecule has 0 unspecified atom stereocenters. The average Bonchev–Trinajstić information content (AvgIpc) is 2.83. The maximum Gasteiger partial charge on any atom is 0.406 e. The normalized spacial score (nSPS) is 10.4. The van der Waals surface area contributed by atoms with Gasteiger partial charge in [-0.05, 0) is 22.0 Å². The summed E-state index contributed by atoms with van der Waals surface area (Å²) in [5.41, 5.74) is 0. The molecule has 0 N–H and O–H groups in total. The Balaban J connectivity index is 1.99. The van der Waals surface area contributed by atoms with Crippen molar-refractivity contribution in [2.45, 2.75) is 0 Å². The first-order valence-corrected chi connectivity index (χ1v) is 6.25. The number of nitrogens with zero attached hydrogens (tertiary/aromatic N) is 4. The lowest BCUT2D eigenvalue weighted by Crippen LogP contribution is -2.26. The second-order valence-electron chi connectivity index (χ2n) is 4.46. The summed E-state index contributed by atoms with van der Waals surface area (Å²) in [6.45, 7) is 0.550. The Morgan fingerprint density at radius 2 is 2.19 bits per heavy atom. The van der Waals surface area contributed by atoms with Gasteiger partial charge in [-0.2, -0.15) is 0 Å². The van der Waals surface area contributed by atoms with Crippen molar-refractivity contribution >= 4 is 11.6 Å². The number of para-hydroxylation sites is 1. The van der Waals surface area contributed by atoms with Gasteiger partial charge < -0.3 is 19.8 Å². The summed E-state index contributed by atoms with van der Waals surface area (Å²) in [5.74, 6) is -0.125. The van der Waals surface area contributed by atoms with Gasteiger partial charge in [0.05, 0.1) is 6.54 Å². The van der Waals surface area contributed by atoms with Crippen LogP contribution in [0.1, 0.15) is 0 Å². The number of rotatable bonds is 6. The van der Waals surface area contributed by atoms with Crippen molar-refractivity contribution in [3.05, 3.63) is 46.5 Å². The third-order valence-corrected chi connectivity index (χ3v) is 2.94. The molecule has 7 nitrogen and oxygen atoms in total. The zero-order valence-electron chi connectivity index (χ0n) is 11.7. The zero-order chi connectivity index (χ0) is 15.4. The minimum atomic E-state index is -0.538. The molecule has 0 aliphatic rings. The van der Waals surface area contributed by atoms with Crippen molar-refractivity contribution in [2.24, 2.45) is 7.05 Å². The molecule has 21 heavy (non-hydrogen) atoms. The number of aromatic nitrogens is 2.